The van der Waals surface area contributed by atoms with Crippen LogP contribution in [0.4, 0.5) is 0 Å². The van der Waals surface area contributed by atoms with E-state index in [9.17, 15) is 0 Å². The topological polar surface area (TPSA) is 39.7 Å². The van der Waals surface area contributed by atoms with Crippen LogP contribution in [0.2, 0.25) is 0 Å². The molecule has 1 rings (SSSR count). The highest BCUT2D eigenvalue weighted by atomic mass is 16.5. The van der Waals surface area contributed by atoms with Crippen molar-refractivity contribution in [1.82, 2.24) is 5.32 Å². The van der Waals surface area contributed by atoms with Gasteiger partial charge in [0.05, 0.1) is 13.7 Å². The van der Waals surface area contributed by atoms with E-state index in [1.165, 1.54) is 0 Å². The Bertz CT molecular complexity index is 393. The first-order valence-electron chi connectivity index (χ1n) is 7.57. The fourth-order valence-electron chi connectivity index (χ4n) is 1.76. The quantitative estimate of drug-likeness (QED) is 0.475. The smallest absolute Gasteiger partial charge is 0.161 e. The lowest BCUT2D eigenvalue weighted by atomic mass is 10.3. The second-order valence-electron chi connectivity index (χ2n) is 4.58. The third kappa shape index (κ3) is 8.38. The summed E-state index contributed by atoms with van der Waals surface area (Å²) in [4.78, 5) is 0. The predicted molar refractivity (Wildman–Crippen MR) is 86.2 cm³/mol. The van der Waals surface area contributed by atoms with Crippen LogP contribution in [0.3, 0.4) is 0 Å². The molecule has 0 atom stereocenters. The van der Waals surface area contributed by atoms with Gasteiger partial charge in [0.25, 0.3) is 0 Å². The SMILES string of the molecule is CCCOCC/C=C/CNCCOc1ccccc1OC. The average Bonchev–Trinajstić information content (AvgIpc) is 2.53. The summed E-state index contributed by atoms with van der Waals surface area (Å²) in [7, 11) is 1.65. The number of ether oxygens (including phenoxy) is 3. The first kappa shape index (κ1) is 17.5. The van der Waals surface area contributed by atoms with Gasteiger partial charge in [-0.2, -0.15) is 0 Å². The Labute approximate surface area is 128 Å². The predicted octanol–water partition coefficient (Wildman–Crippen LogP) is 3.04. The molecular formula is C17H27NO3. The van der Waals surface area contributed by atoms with Crippen molar-refractivity contribution in [2.24, 2.45) is 0 Å². The zero-order valence-corrected chi connectivity index (χ0v) is 13.1. The summed E-state index contributed by atoms with van der Waals surface area (Å²) in [6.07, 6.45) is 6.32. The van der Waals surface area contributed by atoms with Gasteiger partial charge in [-0.3, -0.25) is 0 Å². The molecule has 1 N–H and O–H groups in total. The molecule has 0 saturated carbocycles. The van der Waals surface area contributed by atoms with Gasteiger partial charge in [-0.05, 0) is 25.0 Å². The van der Waals surface area contributed by atoms with Crippen LogP contribution in [0, 0.1) is 0 Å². The van der Waals surface area contributed by atoms with Crippen molar-refractivity contribution in [2.45, 2.75) is 19.8 Å². The molecule has 0 fully saturated rings. The Morgan fingerprint density at radius 3 is 2.62 bits per heavy atom. The van der Waals surface area contributed by atoms with Gasteiger partial charge < -0.3 is 19.5 Å². The molecule has 0 aromatic heterocycles. The Hall–Kier alpha value is -1.52. The summed E-state index contributed by atoms with van der Waals surface area (Å²) in [5, 5.41) is 3.30. The van der Waals surface area contributed by atoms with E-state index in [1.807, 2.05) is 24.3 Å². The molecule has 1 aromatic carbocycles. The zero-order chi connectivity index (χ0) is 15.2. The van der Waals surface area contributed by atoms with Crippen LogP contribution >= 0.6 is 0 Å². The number of rotatable bonds is 12. The van der Waals surface area contributed by atoms with Crippen LogP contribution in [0.25, 0.3) is 0 Å². The van der Waals surface area contributed by atoms with E-state index in [0.29, 0.717) is 6.61 Å². The molecule has 0 aliphatic heterocycles. The Kier molecular flexibility index (Phi) is 10.2. The lowest BCUT2D eigenvalue weighted by molar-refractivity contribution is 0.139. The first-order valence-corrected chi connectivity index (χ1v) is 7.57. The molecule has 0 saturated heterocycles. The monoisotopic (exact) mass is 293 g/mol. The summed E-state index contributed by atoms with van der Waals surface area (Å²) in [6, 6.07) is 7.68. The van der Waals surface area contributed by atoms with Crippen molar-refractivity contribution < 1.29 is 14.2 Å². The van der Waals surface area contributed by atoms with E-state index in [0.717, 1.165) is 50.6 Å². The number of methoxy groups -OCH3 is 1. The largest absolute Gasteiger partial charge is 0.493 e. The summed E-state index contributed by atoms with van der Waals surface area (Å²) in [5.41, 5.74) is 0. The van der Waals surface area contributed by atoms with Gasteiger partial charge in [0, 0.05) is 19.7 Å². The van der Waals surface area contributed by atoms with E-state index >= 15 is 0 Å². The third-order valence-corrected chi connectivity index (χ3v) is 2.81. The van der Waals surface area contributed by atoms with Crippen LogP contribution in [0.5, 0.6) is 11.5 Å². The summed E-state index contributed by atoms with van der Waals surface area (Å²) in [5.74, 6) is 1.55. The van der Waals surface area contributed by atoms with Crippen LogP contribution in [-0.4, -0.2) is 40.0 Å². The molecular weight excluding hydrogens is 266 g/mol. The number of para-hydroxylation sites is 2. The van der Waals surface area contributed by atoms with Gasteiger partial charge >= 0.3 is 0 Å². The molecule has 4 heteroatoms. The van der Waals surface area contributed by atoms with Gasteiger partial charge in [0.2, 0.25) is 0 Å². The van der Waals surface area contributed by atoms with E-state index in [4.69, 9.17) is 14.2 Å². The fraction of sp³-hybridized carbons (Fsp3) is 0.529. The minimum absolute atomic E-state index is 0.619. The van der Waals surface area contributed by atoms with Crippen molar-refractivity contribution in [3.8, 4) is 11.5 Å². The van der Waals surface area contributed by atoms with Gasteiger partial charge in [0.1, 0.15) is 6.61 Å². The van der Waals surface area contributed by atoms with Crippen LogP contribution in [-0.2, 0) is 4.74 Å². The summed E-state index contributed by atoms with van der Waals surface area (Å²) < 4.78 is 16.3. The van der Waals surface area contributed by atoms with Crippen LogP contribution in [0.1, 0.15) is 19.8 Å². The van der Waals surface area contributed by atoms with Crippen molar-refractivity contribution in [3.63, 3.8) is 0 Å². The lowest BCUT2D eigenvalue weighted by Crippen LogP contribution is -2.21. The molecule has 0 aliphatic rings. The minimum Gasteiger partial charge on any atom is -0.493 e. The Morgan fingerprint density at radius 1 is 1.05 bits per heavy atom. The zero-order valence-electron chi connectivity index (χ0n) is 13.1. The molecule has 0 unspecified atom stereocenters. The van der Waals surface area contributed by atoms with Gasteiger partial charge in [-0.25, -0.2) is 0 Å². The van der Waals surface area contributed by atoms with Gasteiger partial charge in [-0.15, -0.1) is 0 Å². The average molecular weight is 293 g/mol. The van der Waals surface area contributed by atoms with Crippen molar-refractivity contribution in [1.29, 1.82) is 0 Å². The third-order valence-electron chi connectivity index (χ3n) is 2.81. The minimum atomic E-state index is 0.619. The second kappa shape index (κ2) is 12.2. The molecule has 0 aliphatic carbocycles. The van der Waals surface area contributed by atoms with Gasteiger partial charge in [-0.1, -0.05) is 31.2 Å². The van der Waals surface area contributed by atoms with E-state index in [1.54, 1.807) is 7.11 Å². The molecule has 0 bridgehead atoms. The highest BCUT2D eigenvalue weighted by molar-refractivity contribution is 5.39. The number of hydrogen-bond acceptors (Lipinski definition) is 4. The van der Waals surface area contributed by atoms with Crippen LogP contribution in [0.15, 0.2) is 36.4 Å². The maximum atomic E-state index is 5.67. The number of benzene rings is 1. The van der Waals surface area contributed by atoms with Crippen LogP contribution < -0.4 is 14.8 Å². The number of nitrogens with one attached hydrogen (secondary N) is 1. The molecule has 118 valence electrons. The normalized spacial score (nSPS) is 11.0. The van der Waals surface area contributed by atoms with Crippen molar-refractivity contribution in [2.75, 3.05) is 40.0 Å². The lowest BCUT2D eigenvalue weighted by Gasteiger charge is -2.10. The van der Waals surface area contributed by atoms with E-state index in [2.05, 4.69) is 24.4 Å². The standard InChI is InChI=1S/C17H27NO3/c1-3-13-20-14-8-4-7-11-18-12-15-21-17-10-6-5-9-16(17)19-2/h4-7,9-10,18H,3,8,11-15H2,1-2H3/b7-4+. The van der Waals surface area contributed by atoms with Crippen molar-refractivity contribution in [3.05, 3.63) is 36.4 Å². The second-order valence-corrected chi connectivity index (χ2v) is 4.58. The summed E-state index contributed by atoms with van der Waals surface area (Å²) in [6.45, 7) is 6.05. The highest BCUT2D eigenvalue weighted by Gasteiger charge is 2.00. The molecule has 21 heavy (non-hydrogen) atoms. The molecule has 4 nitrogen and oxygen atoms in total. The van der Waals surface area contributed by atoms with Gasteiger partial charge in [0.15, 0.2) is 11.5 Å². The van der Waals surface area contributed by atoms with E-state index < -0.39 is 0 Å². The summed E-state index contributed by atoms with van der Waals surface area (Å²) >= 11 is 0. The Balaban J connectivity index is 2.00. The highest BCUT2D eigenvalue weighted by Crippen LogP contribution is 2.25. The maximum absolute atomic E-state index is 5.67. The fourth-order valence-corrected chi connectivity index (χ4v) is 1.76. The van der Waals surface area contributed by atoms with E-state index in [-0.39, 0.29) is 0 Å². The molecule has 0 heterocycles. The molecule has 0 radical (unpaired) electrons. The molecule has 1 aromatic rings. The number of hydrogen-bond donors (Lipinski definition) is 1. The molecule has 0 amide bonds. The maximum Gasteiger partial charge on any atom is 0.161 e. The van der Waals surface area contributed by atoms with Crippen molar-refractivity contribution >= 4 is 0 Å². The molecule has 0 spiro atoms. The Morgan fingerprint density at radius 2 is 1.86 bits per heavy atom. The first-order chi connectivity index (χ1) is 10.4.